The van der Waals surface area contributed by atoms with Gasteiger partial charge in [-0.1, -0.05) is 6.07 Å². The van der Waals surface area contributed by atoms with Gasteiger partial charge in [-0.15, -0.1) is 0 Å². The van der Waals surface area contributed by atoms with Gasteiger partial charge in [-0.3, -0.25) is 9.03 Å². The van der Waals surface area contributed by atoms with Gasteiger partial charge in [-0.2, -0.15) is 0 Å². The first-order valence-electron chi connectivity index (χ1n) is 8.12. The minimum atomic E-state index is -3.95. The van der Waals surface area contributed by atoms with E-state index in [1.807, 2.05) is 0 Å². The molecule has 1 aliphatic rings. The van der Waals surface area contributed by atoms with Gasteiger partial charge in [0.2, 0.25) is 10.0 Å². The van der Waals surface area contributed by atoms with Gasteiger partial charge in [0, 0.05) is 12.6 Å². The minimum absolute atomic E-state index is 0.0509. The lowest BCUT2D eigenvalue weighted by atomic mass is 10.3. The van der Waals surface area contributed by atoms with Gasteiger partial charge in [0.25, 0.3) is 10.0 Å². The summed E-state index contributed by atoms with van der Waals surface area (Å²) in [6.07, 6.45) is 0.543. The highest BCUT2D eigenvalue weighted by Crippen LogP contribution is 2.31. The summed E-state index contributed by atoms with van der Waals surface area (Å²) in [6.45, 7) is 0.380. The highest BCUT2D eigenvalue weighted by Gasteiger charge is 2.29. The van der Waals surface area contributed by atoms with Crippen LogP contribution in [0.4, 0.5) is 11.4 Å². The number of ether oxygens (including phenoxy) is 2. The summed E-state index contributed by atoms with van der Waals surface area (Å²) in [7, 11) is -4.46. The van der Waals surface area contributed by atoms with Crippen molar-refractivity contribution in [3.8, 4) is 11.5 Å². The third-order valence-corrected chi connectivity index (χ3v) is 7.44. The molecule has 0 saturated carbocycles. The van der Waals surface area contributed by atoms with Crippen LogP contribution in [0.1, 0.15) is 6.42 Å². The van der Waals surface area contributed by atoms with E-state index >= 15 is 0 Å². The van der Waals surface area contributed by atoms with Crippen LogP contribution in [0.2, 0.25) is 0 Å². The topological polar surface area (TPSA) is 102 Å². The Hall–Kier alpha value is -2.46. The number of nitrogens with zero attached hydrogens (tertiary/aromatic N) is 1. The lowest BCUT2D eigenvalue weighted by molar-refractivity contribution is 0.386. The van der Waals surface area contributed by atoms with E-state index < -0.39 is 20.0 Å². The summed E-state index contributed by atoms with van der Waals surface area (Å²) in [5.41, 5.74) is 0.682. The van der Waals surface area contributed by atoms with E-state index in [4.69, 9.17) is 9.47 Å². The predicted molar refractivity (Wildman–Crippen MR) is 103 cm³/mol. The van der Waals surface area contributed by atoms with Gasteiger partial charge in [0.1, 0.15) is 16.4 Å². The predicted octanol–water partition coefficient (Wildman–Crippen LogP) is 2.04. The summed E-state index contributed by atoms with van der Waals surface area (Å²) in [4.78, 5) is -0.0509. The monoisotopic (exact) mass is 412 g/mol. The number of hydrogen-bond acceptors (Lipinski definition) is 6. The van der Waals surface area contributed by atoms with Crippen LogP contribution >= 0.6 is 0 Å². The smallest absolute Gasteiger partial charge is 0.265 e. The van der Waals surface area contributed by atoms with E-state index in [1.54, 1.807) is 18.2 Å². The molecule has 0 atom stereocenters. The summed E-state index contributed by atoms with van der Waals surface area (Å²) in [5.74, 6) is 0.693. The van der Waals surface area contributed by atoms with E-state index in [9.17, 15) is 16.8 Å². The van der Waals surface area contributed by atoms with Crippen LogP contribution in [0.15, 0.2) is 47.4 Å². The number of benzene rings is 2. The maximum atomic E-state index is 12.8. The number of anilines is 2. The van der Waals surface area contributed by atoms with Crippen LogP contribution in [0, 0.1) is 0 Å². The van der Waals surface area contributed by atoms with Crippen molar-refractivity contribution in [2.75, 3.05) is 35.5 Å². The molecule has 8 nitrogen and oxygen atoms in total. The lowest BCUT2D eigenvalue weighted by Gasteiger charge is -2.18. The molecule has 0 radical (unpaired) electrons. The number of sulfonamides is 2. The van der Waals surface area contributed by atoms with Gasteiger partial charge in [0.15, 0.2) is 0 Å². The van der Waals surface area contributed by atoms with Gasteiger partial charge in [-0.25, -0.2) is 16.8 Å². The second-order valence-electron chi connectivity index (χ2n) is 5.91. The first-order valence-corrected chi connectivity index (χ1v) is 11.2. The molecule has 0 bridgehead atoms. The standard InChI is InChI=1S/C17H20N2O6S2/c1-24-15-7-8-17(16(12-15)25-2)27(22,23)18-13-5-3-6-14(11-13)19-9-4-10-26(19,20)21/h3,5-8,11-12,18H,4,9-10H2,1-2H3. The Kier molecular flexibility index (Phi) is 5.20. The van der Waals surface area contributed by atoms with Crippen LogP contribution in [0.25, 0.3) is 0 Å². The quantitative estimate of drug-likeness (QED) is 0.779. The minimum Gasteiger partial charge on any atom is -0.497 e. The Morgan fingerprint density at radius 2 is 1.85 bits per heavy atom. The third kappa shape index (κ3) is 3.96. The average Bonchev–Trinajstić information content (AvgIpc) is 3.00. The van der Waals surface area contributed by atoms with Crippen molar-refractivity contribution >= 4 is 31.4 Å². The first-order chi connectivity index (χ1) is 12.8. The molecule has 0 aliphatic carbocycles. The average molecular weight is 412 g/mol. The highest BCUT2D eigenvalue weighted by atomic mass is 32.2. The Labute approximate surface area is 158 Å². The molecule has 1 heterocycles. The maximum absolute atomic E-state index is 12.8. The molecule has 0 aromatic heterocycles. The van der Waals surface area contributed by atoms with Crippen LogP contribution in [0.5, 0.6) is 11.5 Å². The summed E-state index contributed by atoms with van der Waals surface area (Å²) < 4.78 is 63.7. The van der Waals surface area contributed by atoms with Crippen molar-refractivity contribution in [3.05, 3.63) is 42.5 Å². The molecule has 2 aromatic rings. The molecular weight excluding hydrogens is 392 g/mol. The number of rotatable bonds is 6. The summed E-state index contributed by atoms with van der Waals surface area (Å²) in [6, 6.07) is 10.7. The zero-order valence-corrected chi connectivity index (χ0v) is 16.5. The van der Waals surface area contributed by atoms with E-state index in [1.165, 1.54) is 42.8 Å². The van der Waals surface area contributed by atoms with Crippen molar-refractivity contribution in [2.24, 2.45) is 0 Å². The Morgan fingerprint density at radius 3 is 2.48 bits per heavy atom. The second-order valence-corrected chi connectivity index (χ2v) is 9.58. The molecule has 2 aromatic carbocycles. The molecule has 0 unspecified atom stereocenters. The molecule has 0 spiro atoms. The van der Waals surface area contributed by atoms with Crippen LogP contribution in [-0.2, 0) is 20.0 Å². The zero-order valence-electron chi connectivity index (χ0n) is 14.9. The number of nitrogens with one attached hydrogen (secondary N) is 1. The molecule has 0 amide bonds. The SMILES string of the molecule is COc1ccc(S(=O)(=O)Nc2cccc(N3CCCS3(=O)=O)c2)c(OC)c1. The van der Waals surface area contributed by atoms with E-state index in [-0.39, 0.29) is 22.1 Å². The first kappa shape index (κ1) is 19.3. The zero-order chi connectivity index (χ0) is 19.7. The van der Waals surface area contributed by atoms with Gasteiger partial charge < -0.3 is 9.47 Å². The molecule has 1 N–H and O–H groups in total. The second kappa shape index (κ2) is 7.28. The van der Waals surface area contributed by atoms with E-state index in [0.29, 0.717) is 24.4 Å². The third-order valence-electron chi connectivity index (χ3n) is 4.15. The fourth-order valence-electron chi connectivity index (χ4n) is 2.86. The number of methoxy groups -OCH3 is 2. The molecule has 27 heavy (non-hydrogen) atoms. The summed E-state index contributed by atoms with van der Waals surface area (Å²) in [5, 5.41) is 0. The fraction of sp³-hybridized carbons (Fsp3) is 0.294. The largest absolute Gasteiger partial charge is 0.497 e. The number of hydrogen-bond donors (Lipinski definition) is 1. The van der Waals surface area contributed by atoms with Crippen LogP contribution in [-0.4, -0.2) is 43.4 Å². The molecule has 1 fully saturated rings. The Balaban J connectivity index is 1.92. The molecule has 1 aliphatic heterocycles. The van der Waals surface area contributed by atoms with Gasteiger partial charge in [0.05, 0.1) is 31.3 Å². The van der Waals surface area contributed by atoms with E-state index in [0.717, 1.165) is 0 Å². The normalized spacial score (nSPS) is 16.1. The Bertz CT molecular complexity index is 1050. The molecule has 3 rings (SSSR count). The molecule has 1 saturated heterocycles. The lowest BCUT2D eigenvalue weighted by Crippen LogP contribution is -2.25. The van der Waals surface area contributed by atoms with Crippen LogP contribution in [0.3, 0.4) is 0 Å². The summed E-state index contributed by atoms with van der Waals surface area (Å²) >= 11 is 0. The van der Waals surface area contributed by atoms with Crippen molar-refractivity contribution in [2.45, 2.75) is 11.3 Å². The molecule has 10 heteroatoms. The maximum Gasteiger partial charge on any atom is 0.265 e. The fourth-order valence-corrected chi connectivity index (χ4v) is 5.62. The Morgan fingerprint density at radius 1 is 1.07 bits per heavy atom. The van der Waals surface area contributed by atoms with Crippen molar-refractivity contribution < 1.29 is 26.3 Å². The molecular formula is C17H20N2O6S2. The van der Waals surface area contributed by atoms with Crippen molar-refractivity contribution in [1.29, 1.82) is 0 Å². The van der Waals surface area contributed by atoms with Crippen molar-refractivity contribution in [3.63, 3.8) is 0 Å². The van der Waals surface area contributed by atoms with Crippen LogP contribution < -0.4 is 18.5 Å². The van der Waals surface area contributed by atoms with Gasteiger partial charge >= 0.3 is 0 Å². The van der Waals surface area contributed by atoms with Gasteiger partial charge in [-0.05, 0) is 36.8 Å². The highest BCUT2D eigenvalue weighted by molar-refractivity contribution is 7.93. The van der Waals surface area contributed by atoms with E-state index in [2.05, 4.69) is 4.72 Å². The molecule has 146 valence electrons. The van der Waals surface area contributed by atoms with Crippen molar-refractivity contribution in [1.82, 2.24) is 0 Å².